The second kappa shape index (κ2) is 8.40. The maximum atomic E-state index is 13.0. The van der Waals surface area contributed by atoms with Crippen LogP contribution in [0.2, 0.25) is 5.02 Å². The van der Waals surface area contributed by atoms with Crippen LogP contribution in [-0.4, -0.2) is 27.1 Å². The highest BCUT2D eigenvalue weighted by Crippen LogP contribution is 2.36. The van der Waals surface area contributed by atoms with E-state index in [9.17, 15) is 26.4 Å². The molecule has 0 saturated heterocycles. The molecule has 0 saturated carbocycles. The first-order valence-electron chi connectivity index (χ1n) is 8.05. The normalized spacial score (nSPS) is 11.9. The Labute approximate surface area is 166 Å². The lowest BCUT2D eigenvalue weighted by Crippen LogP contribution is -2.40. The van der Waals surface area contributed by atoms with E-state index in [1.165, 1.54) is 0 Å². The van der Waals surface area contributed by atoms with E-state index in [4.69, 9.17) is 11.6 Å². The van der Waals surface area contributed by atoms with Crippen molar-refractivity contribution in [2.75, 3.05) is 17.1 Å². The van der Waals surface area contributed by atoms with Crippen LogP contribution in [0.25, 0.3) is 0 Å². The number of alkyl halides is 3. The summed E-state index contributed by atoms with van der Waals surface area (Å²) in [4.78, 5) is 12.3. The zero-order chi connectivity index (χ0) is 21.1. The van der Waals surface area contributed by atoms with E-state index in [0.29, 0.717) is 10.4 Å². The van der Waals surface area contributed by atoms with E-state index in [1.54, 1.807) is 12.1 Å². The summed E-state index contributed by atoms with van der Waals surface area (Å²) in [5.41, 5.74) is 0.286. The van der Waals surface area contributed by atoms with Gasteiger partial charge in [0.2, 0.25) is 15.9 Å². The van der Waals surface area contributed by atoms with E-state index in [0.717, 1.165) is 29.5 Å². The Balaban J connectivity index is 2.26. The quantitative estimate of drug-likeness (QED) is 0.753. The Kier molecular flexibility index (Phi) is 6.61. The second-order valence-corrected chi connectivity index (χ2v) is 8.45. The van der Waals surface area contributed by atoms with Crippen molar-refractivity contribution in [3.63, 3.8) is 0 Å². The number of hydrogen-bond acceptors (Lipinski definition) is 3. The first-order valence-corrected chi connectivity index (χ1v) is 10.3. The van der Waals surface area contributed by atoms with Crippen molar-refractivity contribution in [2.45, 2.75) is 19.6 Å². The van der Waals surface area contributed by atoms with Crippen molar-refractivity contribution in [3.8, 4) is 0 Å². The molecule has 0 bridgehead atoms. The topological polar surface area (TPSA) is 66.5 Å². The fraction of sp³-hybridized carbons (Fsp3) is 0.278. The molecule has 0 heterocycles. The van der Waals surface area contributed by atoms with Gasteiger partial charge in [-0.2, -0.15) is 13.2 Å². The average Bonchev–Trinajstić information content (AvgIpc) is 2.58. The third-order valence-electron chi connectivity index (χ3n) is 3.97. The SMILES string of the molecule is Cc1ccccc1CNC(=O)CN(c1cc(C(F)(F)F)ccc1Cl)S(C)(=O)=O. The summed E-state index contributed by atoms with van der Waals surface area (Å²) >= 11 is 5.92. The number of aryl methyl sites for hydroxylation is 1. The van der Waals surface area contributed by atoms with Gasteiger partial charge in [-0.3, -0.25) is 9.10 Å². The maximum absolute atomic E-state index is 13.0. The van der Waals surface area contributed by atoms with Gasteiger partial charge in [-0.1, -0.05) is 35.9 Å². The maximum Gasteiger partial charge on any atom is 0.416 e. The Morgan fingerprint density at radius 3 is 2.39 bits per heavy atom. The molecular weight excluding hydrogens is 417 g/mol. The molecule has 0 spiro atoms. The van der Waals surface area contributed by atoms with Gasteiger partial charge in [0, 0.05) is 6.54 Å². The van der Waals surface area contributed by atoms with Crippen molar-refractivity contribution in [2.24, 2.45) is 0 Å². The smallest absolute Gasteiger partial charge is 0.350 e. The molecule has 1 N–H and O–H groups in total. The van der Waals surface area contributed by atoms with Crippen LogP contribution in [-0.2, 0) is 27.5 Å². The number of nitrogens with zero attached hydrogens (tertiary/aromatic N) is 1. The van der Waals surface area contributed by atoms with Crippen molar-refractivity contribution in [1.29, 1.82) is 0 Å². The minimum atomic E-state index is -4.68. The number of hydrogen-bond donors (Lipinski definition) is 1. The van der Waals surface area contributed by atoms with Crippen molar-refractivity contribution in [1.82, 2.24) is 5.32 Å². The monoisotopic (exact) mass is 434 g/mol. The molecule has 1 amide bonds. The molecule has 2 aromatic rings. The van der Waals surface area contributed by atoms with Gasteiger partial charge in [0.25, 0.3) is 0 Å². The second-order valence-electron chi connectivity index (χ2n) is 6.14. The molecule has 0 aliphatic heterocycles. The molecule has 152 valence electrons. The zero-order valence-electron chi connectivity index (χ0n) is 15.0. The van der Waals surface area contributed by atoms with Gasteiger partial charge in [0.15, 0.2) is 0 Å². The summed E-state index contributed by atoms with van der Waals surface area (Å²) in [6, 6.07) is 9.58. The first-order chi connectivity index (χ1) is 12.9. The molecular formula is C18H18ClF3N2O3S. The highest BCUT2D eigenvalue weighted by Gasteiger charge is 2.33. The molecule has 5 nitrogen and oxygen atoms in total. The van der Waals surface area contributed by atoms with Crippen LogP contribution in [0.15, 0.2) is 42.5 Å². The average molecular weight is 435 g/mol. The van der Waals surface area contributed by atoms with Crippen LogP contribution < -0.4 is 9.62 Å². The number of amides is 1. The van der Waals surface area contributed by atoms with E-state index in [-0.39, 0.29) is 11.6 Å². The van der Waals surface area contributed by atoms with E-state index < -0.39 is 39.9 Å². The zero-order valence-corrected chi connectivity index (χ0v) is 16.6. The first kappa shape index (κ1) is 22.0. The molecule has 2 aromatic carbocycles. The minimum Gasteiger partial charge on any atom is -0.350 e. The number of nitrogens with one attached hydrogen (secondary N) is 1. The largest absolute Gasteiger partial charge is 0.416 e. The number of halogens is 4. The number of rotatable bonds is 6. The highest BCUT2D eigenvalue weighted by atomic mass is 35.5. The van der Waals surface area contributed by atoms with Crippen molar-refractivity contribution < 1.29 is 26.4 Å². The lowest BCUT2D eigenvalue weighted by molar-refractivity contribution is -0.137. The minimum absolute atomic E-state index is 0.152. The van der Waals surface area contributed by atoms with Gasteiger partial charge in [-0.15, -0.1) is 0 Å². The third-order valence-corrected chi connectivity index (χ3v) is 5.41. The predicted molar refractivity (Wildman–Crippen MR) is 102 cm³/mol. The van der Waals surface area contributed by atoms with Crippen LogP contribution in [0.1, 0.15) is 16.7 Å². The summed E-state index contributed by atoms with van der Waals surface area (Å²) in [6.07, 6.45) is -3.90. The molecule has 0 aromatic heterocycles. The third kappa shape index (κ3) is 5.62. The molecule has 0 atom stereocenters. The molecule has 10 heteroatoms. The molecule has 0 aliphatic carbocycles. The molecule has 0 aliphatic rings. The molecule has 2 rings (SSSR count). The van der Waals surface area contributed by atoms with Crippen molar-refractivity contribution in [3.05, 3.63) is 64.2 Å². The number of anilines is 1. The van der Waals surface area contributed by atoms with Gasteiger partial charge < -0.3 is 5.32 Å². The summed E-state index contributed by atoms with van der Waals surface area (Å²) in [7, 11) is -4.07. The van der Waals surface area contributed by atoms with Crippen LogP contribution in [0.3, 0.4) is 0 Å². The van der Waals surface area contributed by atoms with Crippen LogP contribution >= 0.6 is 11.6 Å². The Morgan fingerprint density at radius 2 is 1.82 bits per heavy atom. The number of carbonyl (C=O) groups is 1. The van der Waals surface area contributed by atoms with Crippen LogP contribution in [0.4, 0.5) is 18.9 Å². The van der Waals surface area contributed by atoms with Crippen molar-refractivity contribution >= 4 is 33.2 Å². The van der Waals surface area contributed by atoms with E-state index in [2.05, 4.69) is 5.32 Å². The van der Waals surface area contributed by atoms with Gasteiger partial charge >= 0.3 is 6.18 Å². The number of carbonyl (C=O) groups excluding carboxylic acids is 1. The molecule has 28 heavy (non-hydrogen) atoms. The summed E-state index contributed by atoms with van der Waals surface area (Å²) in [6.45, 7) is 1.30. The lowest BCUT2D eigenvalue weighted by Gasteiger charge is -2.24. The Hall–Kier alpha value is -2.26. The summed E-state index contributed by atoms with van der Waals surface area (Å²) in [5.74, 6) is -0.679. The lowest BCUT2D eigenvalue weighted by atomic mass is 10.1. The van der Waals surface area contributed by atoms with Gasteiger partial charge in [-0.05, 0) is 36.2 Å². The van der Waals surface area contributed by atoms with Gasteiger partial charge in [0.05, 0.1) is 22.5 Å². The fourth-order valence-corrected chi connectivity index (χ4v) is 3.58. The van der Waals surface area contributed by atoms with E-state index in [1.807, 2.05) is 19.1 Å². The summed E-state index contributed by atoms with van der Waals surface area (Å²) in [5, 5.41) is 2.35. The Morgan fingerprint density at radius 1 is 1.18 bits per heavy atom. The molecule has 0 unspecified atom stereocenters. The number of sulfonamides is 1. The van der Waals surface area contributed by atoms with Gasteiger partial charge in [0.1, 0.15) is 6.54 Å². The molecule has 0 radical (unpaired) electrons. The van der Waals surface area contributed by atoms with E-state index >= 15 is 0 Å². The molecule has 0 fully saturated rings. The predicted octanol–water partition coefficient (Wildman–Crippen LogP) is 3.75. The van der Waals surface area contributed by atoms with Gasteiger partial charge in [-0.25, -0.2) is 8.42 Å². The van der Waals surface area contributed by atoms with Crippen LogP contribution in [0.5, 0.6) is 0 Å². The standard InChI is InChI=1S/C18H18ClF3N2O3S/c1-12-5-3-4-6-13(12)10-23-17(25)11-24(28(2,26)27)16-9-14(18(20,21)22)7-8-15(16)19/h3-9H,10-11H2,1-2H3,(H,23,25). The summed E-state index contributed by atoms with van der Waals surface area (Å²) < 4.78 is 63.7. The highest BCUT2D eigenvalue weighted by molar-refractivity contribution is 7.92. The van der Waals surface area contributed by atoms with Crippen LogP contribution in [0, 0.1) is 6.92 Å². The fourth-order valence-electron chi connectivity index (χ4n) is 2.45. The Bertz CT molecular complexity index is 978. The number of benzene rings is 2.